The Bertz CT molecular complexity index is 604. The summed E-state index contributed by atoms with van der Waals surface area (Å²) in [6.07, 6.45) is 0.468. The van der Waals surface area contributed by atoms with Gasteiger partial charge in [0.15, 0.2) is 0 Å². The minimum atomic E-state index is -3.76. The van der Waals surface area contributed by atoms with Crippen LogP contribution >= 0.6 is 0 Å². The summed E-state index contributed by atoms with van der Waals surface area (Å²) in [6, 6.07) is 7.52. The molecule has 1 saturated heterocycles. The summed E-state index contributed by atoms with van der Waals surface area (Å²) in [5, 5.41) is 8.55. The maximum absolute atomic E-state index is 13.6. The number of hydrogen-bond donors (Lipinski definition) is 1. The summed E-state index contributed by atoms with van der Waals surface area (Å²) in [5.74, 6) is -0.716. The number of hydrogen-bond acceptors (Lipinski definition) is 3. The van der Waals surface area contributed by atoms with Crippen molar-refractivity contribution < 1.29 is 17.7 Å². The van der Waals surface area contributed by atoms with Gasteiger partial charge in [-0.3, -0.25) is 0 Å². The third kappa shape index (κ3) is 3.15. The van der Waals surface area contributed by atoms with Crippen molar-refractivity contribution >= 4 is 10.0 Å². The molecule has 1 fully saturated rings. The molecule has 108 valence electrons. The average molecular weight is 298 g/mol. The lowest BCUT2D eigenvalue weighted by molar-refractivity contribution is -0.903. The van der Waals surface area contributed by atoms with E-state index in [4.69, 9.17) is 5.26 Å². The van der Waals surface area contributed by atoms with Crippen LogP contribution in [0.15, 0.2) is 29.2 Å². The summed E-state index contributed by atoms with van der Waals surface area (Å²) >= 11 is 0. The molecule has 20 heavy (non-hydrogen) atoms. The fraction of sp³-hybridized carbons (Fsp3) is 0.462. The Hall–Kier alpha value is -1.49. The van der Waals surface area contributed by atoms with Crippen LogP contribution in [0.3, 0.4) is 0 Å². The van der Waals surface area contributed by atoms with Crippen LogP contribution in [0.4, 0.5) is 4.39 Å². The van der Waals surface area contributed by atoms with Crippen molar-refractivity contribution in [1.82, 2.24) is 4.31 Å². The second kappa shape index (κ2) is 6.31. The largest absolute Gasteiger partial charge is 0.332 e. The topological polar surface area (TPSA) is 65.6 Å². The van der Waals surface area contributed by atoms with Crippen LogP contribution in [-0.4, -0.2) is 45.4 Å². The first-order valence-corrected chi connectivity index (χ1v) is 7.95. The lowest BCUT2D eigenvalue weighted by atomic mass is 10.3. The standard InChI is InChI=1S/C13H16FN3O2S/c14-12-4-1-2-5-13(12)20(18,19)17-10-8-16(9-11-17)7-3-6-15/h1-2,4-5H,3,7-11H2/p+1. The molecule has 1 aliphatic heterocycles. The Morgan fingerprint density at radius 3 is 2.55 bits per heavy atom. The Morgan fingerprint density at radius 1 is 1.30 bits per heavy atom. The fourth-order valence-corrected chi connectivity index (χ4v) is 3.82. The van der Waals surface area contributed by atoms with Crippen molar-refractivity contribution in [2.24, 2.45) is 0 Å². The molecule has 0 amide bonds. The van der Waals surface area contributed by atoms with Gasteiger partial charge >= 0.3 is 0 Å². The SMILES string of the molecule is N#CCC[NH+]1CCN(S(=O)(=O)c2ccccc2F)CC1. The maximum atomic E-state index is 13.6. The summed E-state index contributed by atoms with van der Waals surface area (Å²) in [7, 11) is -3.76. The van der Waals surface area contributed by atoms with Crippen LogP contribution in [0, 0.1) is 17.1 Å². The van der Waals surface area contributed by atoms with E-state index in [1.807, 2.05) is 0 Å². The van der Waals surface area contributed by atoms with Crippen molar-refractivity contribution in [2.75, 3.05) is 32.7 Å². The van der Waals surface area contributed by atoms with Gasteiger partial charge in [0.1, 0.15) is 10.7 Å². The maximum Gasteiger partial charge on any atom is 0.246 e. The summed E-state index contributed by atoms with van der Waals surface area (Å²) in [4.78, 5) is 0.951. The zero-order valence-electron chi connectivity index (χ0n) is 11.0. The average Bonchev–Trinajstić information content (AvgIpc) is 2.46. The van der Waals surface area contributed by atoms with Gasteiger partial charge in [0.05, 0.1) is 45.2 Å². The highest BCUT2D eigenvalue weighted by atomic mass is 32.2. The molecule has 0 spiro atoms. The lowest BCUT2D eigenvalue weighted by Crippen LogP contribution is -3.14. The number of nitrogens with one attached hydrogen (secondary N) is 1. The monoisotopic (exact) mass is 298 g/mol. The minimum Gasteiger partial charge on any atom is -0.332 e. The van der Waals surface area contributed by atoms with Gasteiger partial charge in [-0.1, -0.05) is 12.1 Å². The summed E-state index contributed by atoms with van der Waals surface area (Å²) < 4.78 is 39.7. The second-order valence-corrected chi connectivity index (χ2v) is 6.65. The lowest BCUT2D eigenvalue weighted by Gasteiger charge is -2.31. The van der Waals surface area contributed by atoms with Crippen LogP contribution < -0.4 is 4.90 Å². The Morgan fingerprint density at radius 2 is 1.95 bits per heavy atom. The molecule has 0 atom stereocenters. The van der Waals surface area contributed by atoms with Crippen LogP contribution in [0.2, 0.25) is 0 Å². The molecule has 1 aromatic carbocycles. The van der Waals surface area contributed by atoms with Gasteiger partial charge in [-0.15, -0.1) is 0 Å². The van der Waals surface area contributed by atoms with E-state index in [0.717, 1.165) is 12.6 Å². The molecular formula is C13H17FN3O2S+. The first-order chi connectivity index (χ1) is 9.55. The number of nitriles is 1. The van der Waals surface area contributed by atoms with Gasteiger partial charge in [0.25, 0.3) is 0 Å². The van der Waals surface area contributed by atoms with Crippen LogP contribution in [0.1, 0.15) is 6.42 Å². The number of halogens is 1. The molecular weight excluding hydrogens is 281 g/mol. The molecule has 0 bridgehead atoms. The molecule has 0 aromatic heterocycles. The second-order valence-electron chi connectivity index (χ2n) is 4.74. The number of benzene rings is 1. The van der Waals surface area contributed by atoms with Crippen molar-refractivity contribution in [3.05, 3.63) is 30.1 Å². The molecule has 0 unspecified atom stereocenters. The van der Waals surface area contributed by atoms with Gasteiger partial charge in [-0.2, -0.15) is 9.57 Å². The van der Waals surface area contributed by atoms with Crippen LogP contribution in [0.5, 0.6) is 0 Å². The van der Waals surface area contributed by atoms with Gasteiger partial charge < -0.3 is 4.90 Å². The highest BCUT2D eigenvalue weighted by molar-refractivity contribution is 7.89. The highest BCUT2D eigenvalue weighted by Crippen LogP contribution is 2.18. The van der Waals surface area contributed by atoms with Gasteiger partial charge in [-0.05, 0) is 12.1 Å². The molecule has 2 rings (SSSR count). The van der Waals surface area contributed by atoms with E-state index in [0.29, 0.717) is 32.6 Å². The molecule has 0 radical (unpaired) electrons. The quantitative estimate of drug-likeness (QED) is 0.825. The van der Waals surface area contributed by atoms with Crippen molar-refractivity contribution in [3.63, 3.8) is 0 Å². The van der Waals surface area contributed by atoms with E-state index in [1.165, 1.54) is 27.4 Å². The van der Waals surface area contributed by atoms with Gasteiger partial charge in [-0.25, -0.2) is 12.8 Å². The van der Waals surface area contributed by atoms with Crippen LogP contribution in [-0.2, 0) is 10.0 Å². The van der Waals surface area contributed by atoms with E-state index in [2.05, 4.69) is 6.07 Å². The molecule has 1 N–H and O–H groups in total. The van der Waals surface area contributed by atoms with E-state index >= 15 is 0 Å². The van der Waals surface area contributed by atoms with Crippen LogP contribution in [0.25, 0.3) is 0 Å². The smallest absolute Gasteiger partial charge is 0.246 e. The van der Waals surface area contributed by atoms with Crippen molar-refractivity contribution in [3.8, 4) is 6.07 Å². The summed E-state index contributed by atoms with van der Waals surface area (Å²) in [5.41, 5.74) is 0. The van der Waals surface area contributed by atoms with Crippen molar-refractivity contribution in [1.29, 1.82) is 5.26 Å². The first kappa shape index (κ1) is 14.9. The van der Waals surface area contributed by atoms with E-state index in [1.54, 1.807) is 0 Å². The third-order valence-corrected chi connectivity index (χ3v) is 5.41. The van der Waals surface area contributed by atoms with E-state index in [9.17, 15) is 12.8 Å². The summed E-state index contributed by atoms with van der Waals surface area (Å²) in [6.45, 7) is 2.74. The molecule has 1 heterocycles. The minimum absolute atomic E-state index is 0.263. The fourth-order valence-electron chi connectivity index (χ4n) is 2.32. The molecule has 0 saturated carbocycles. The predicted molar refractivity (Wildman–Crippen MR) is 71.0 cm³/mol. The van der Waals surface area contributed by atoms with Gasteiger partial charge in [0.2, 0.25) is 10.0 Å². The van der Waals surface area contributed by atoms with E-state index in [-0.39, 0.29) is 4.90 Å². The molecule has 1 aromatic rings. The Kier molecular flexibility index (Phi) is 4.70. The van der Waals surface area contributed by atoms with Gasteiger partial charge in [0, 0.05) is 0 Å². The molecule has 5 nitrogen and oxygen atoms in total. The first-order valence-electron chi connectivity index (χ1n) is 6.51. The number of nitrogens with zero attached hydrogens (tertiary/aromatic N) is 2. The number of rotatable bonds is 4. The number of quaternary nitrogens is 1. The predicted octanol–water partition coefficient (Wildman–Crippen LogP) is -0.371. The Balaban J connectivity index is 2.07. The Labute approximate surface area is 118 Å². The zero-order chi connectivity index (χ0) is 14.6. The normalized spacial score (nSPS) is 17.8. The zero-order valence-corrected chi connectivity index (χ0v) is 11.9. The molecule has 1 aliphatic rings. The number of piperazine rings is 1. The molecule has 7 heteroatoms. The third-order valence-electron chi connectivity index (χ3n) is 3.47. The van der Waals surface area contributed by atoms with E-state index < -0.39 is 15.8 Å². The highest BCUT2D eigenvalue weighted by Gasteiger charge is 2.31. The molecule has 0 aliphatic carbocycles. The number of sulfonamides is 1. The van der Waals surface area contributed by atoms with Crippen molar-refractivity contribution in [2.45, 2.75) is 11.3 Å².